The third-order valence-electron chi connectivity index (χ3n) is 4.51. The van der Waals surface area contributed by atoms with Crippen LogP contribution in [-0.4, -0.2) is 43.9 Å². The molecule has 0 unspecified atom stereocenters. The molecule has 2 atom stereocenters. The number of carbonyl (C=O) groups is 2. The second kappa shape index (κ2) is 6.84. The van der Waals surface area contributed by atoms with E-state index in [1.165, 1.54) is 11.8 Å². The number of esters is 1. The molecule has 1 aliphatic carbocycles. The monoisotopic (exact) mass is 371 g/mol. The number of thiophene rings is 1. The highest BCUT2D eigenvalue weighted by Crippen LogP contribution is 2.30. The molecule has 1 fully saturated rings. The van der Waals surface area contributed by atoms with E-state index in [1.807, 2.05) is 5.38 Å². The van der Waals surface area contributed by atoms with Crippen LogP contribution in [0.5, 0.6) is 0 Å². The van der Waals surface area contributed by atoms with Gasteiger partial charge in [0.2, 0.25) is 0 Å². The highest BCUT2D eigenvalue weighted by Gasteiger charge is 2.31. The quantitative estimate of drug-likeness (QED) is 0.810. The summed E-state index contributed by atoms with van der Waals surface area (Å²) in [6.45, 7) is 1.51. The molecule has 0 saturated carbocycles. The largest absolute Gasteiger partial charge is 0.449 e. The van der Waals surface area contributed by atoms with Gasteiger partial charge in [-0.15, -0.1) is 11.3 Å². The summed E-state index contributed by atoms with van der Waals surface area (Å²) in [6.07, 6.45) is 3.55. The number of carbonyl (C=O) groups excluding carboxylic acids is 2. The maximum atomic E-state index is 12.3. The molecule has 0 spiro atoms. The van der Waals surface area contributed by atoms with E-state index < -0.39 is 33.9 Å². The van der Waals surface area contributed by atoms with Crippen LogP contribution in [0.15, 0.2) is 5.38 Å². The molecule has 24 heavy (non-hydrogen) atoms. The Kier molecular flexibility index (Phi) is 4.96. The smallest absolute Gasteiger partial charge is 0.340 e. The van der Waals surface area contributed by atoms with Gasteiger partial charge >= 0.3 is 5.97 Å². The fourth-order valence-corrected chi connectivity index (χ4v) is 5.96. The topological polar surface area (TPSA) is 89.5 Å². The van der Waals surface area contributed by atoms with E-state index in [0.717, 1.165) is 31.2 Å². The predicted octanol–water partition coefficient (Wildman–Crippen LogP) is 1.48. The van der Waals surface area contributed by atoms with Crippen molar-refractivity contribution in [3.8, 4) is 0 Å². The second-order valence-electron chi connectivity index (χ2n) is 6.41. The first-order chi connectivity index (χ1) is 11.4. The van der Waals surface area contributed by atoms with Crippen molar-refractivity contribution in [2.45, 2.75) is 51.2 Å². The van der Waals surface area contributed by atoms with E-state index in [2.05, 4.69) is 5.32 Å². The van der Waals surface area contributed by atoms with Crippen molar-refractivity contribution in [3.63, 3.8) is 0 Å². The van der Waals surface area contributed by atoms with Crippen LogP contribution >= 0.6 is 11.3 Å². The fourth-order valence-electron chi connectivity index (χ4n) is 3.17. The van der Waals surface area contributed by atoms with E-state index in [-0.39, 0.29) is 11.5 Å². The standard InChI is InChI=1S/C16H21NO5S2/c1-10(15(18)17-11-6-7-24(20,21)9-11)22-16(19)13-8-23-14-5-3-2-4-12(13)14/h8,10-11H,2-7,9H2,1H3,(H,17,18)/t10-,11+/m0/s1. The van der Waals surface area contributed by atoms with Crippen molar-refractivity contribution in [1.82, 2.24) is 5.32 Å². The Labute approximate surface area is 145 Å². The lowest BCUT2D eigenvalue weighted by atomic mass is 9.96. The molecule has 1 aliphatic heterocycles. The van der Waals surface area contributed by atoms with Crippen molar-refractivity contribution in [3.05, 3.63) is 21.4 Å². The van der Waals surface area contributed by atoms with Crippen molar-refractivity contribution in [1.29, 1.82) is 0 Å². The molecule has 2 heterocycles. The minimum atomic E-state index is -3.06. The first kappa shape index (κ1) is 17.4. The number of aryl methyl sites for hydroxylation is 1. The number of hydrogen-bond acceptors (Lipinski definition) is 6. The van der Waals surface area contributed by atoms with Gasteiger partial charge in [-0.25, -0.2) is 13.2 Å². The Hall–Kier alpha value is -1.41. The van der Waals surface area contributed by atoms with Gasteiger partial charge in [-0.2, -0.15) is 0 Å². The Bertz CT molecular complexity index is 753. The number of sulfone groups is 1. The van der Waals surface area contributed by atoms with Gasteiger partial charge in [0.15, 0.2) is 15.9 Å². The van der Waals surface area contributed by atoms with Crippen molar-refractivity contribution < 1.29 is 22.7 Å². The third-order valence-corrected chi connectivity index (χ3v) is 7.37. The Morgan fingerprint density at radius 2 is 2.08 bits per heavy atom. The molecule has 1 aromatic heterocycles. The lowest BCUT2D eigenvalue weighted by molar-refractivity contribution is -0.129. The van der Waals surface area contributed by atoms with E-state index >= 15 is 0 Å². The number of fused-ring (bicyclic) bond motifs is 1. The summed E-state index contributed by atoms with van der Waals surface area (Å²) in [7, 11) is -3.06. The van der Waals surface area contributed by atoms with Crippen molar-refractivity contribution in [2.24, 2.45) is 0 Å². The van der Waals surface area contributed by atoms with Crippen LogP contribution in [0.2, 0.25) is 0 Å². The molecule has 0 aromatic carbocycles. The summed E-state index contributed by atoms with van der Waals surface area (Å²) >= 11 is 1.57. The Balaban J connectivity index is 1.58. The van der Waals surface area contributed by atoms with Crippen LogP contribution in [-0.2, 0) is 32.2 Å². The molecule has 1 saturated heterocycles. The van der Waals surface area contributed by atoms with E-state index in [0.29, 0.717) is 12.0 Å². The zero-order valence-corrected chi connectivity index (χ0v) is 15.2. The first-order valence-corrected chi connectivity index (χ1v) is 10.9. The van der Waals surface area contributed by atoms with Crippen LogP contribution < -0.4 is 5.32 Å². The highest BCUT2D eigenvalue weighted by molar-refractivity contribution is 7.91. The number of ether oxygens (including phenoxy) is 1. The Morgan fingerprint density at radius 1 is 1.33 bits per heavy atom. The maximum Gasteiger partial charge on any atom is 0.340 e. The summed E-state index contributed by atoms with van der Waals surface area (Å²) in [5.41, 5.74) is 1.63. The minimum Gasteiger partial charge on any atom is -0.449 e. The normalized spacial score (nSPS) is 23.3. The second-order valence-corrected chi connectivity index (χ2v) is 9.61. The molecule has 0 radical (unpaired) electrons. The fraction of sp³-hybridized carbons (Fsp3) is 0.625. The molecule has 3 rings (SSSR count). The van der Waals surface area contributed by atoms with Gasteiger partial charge in [-0.1, -0.05) is 0 Å². The summed E-state index contributed by atoms with van der Waals surface area (Å²) in [5.74, 6) is -0.879. The van der Waals surface area contributed by atoms with Gasteiger partial charge < -0.3 is 10.1 Å². The Morgan fingerprint density at radius 3 is 2.79 bits per heavy atom. The summed E-state index contributed by atoms with van der Waals surface area (Å²) < 4.78 is 28.1. The molecule has 2 aliphatic rings. The summed E-state index contributed by atoms with van der Waals surface area (Å²) in [5, 5.41) is 4.47. The summed E-state index contributed by atoms with van der Waals surface area (Å²) in [6, 6.07) is -0.391. The maximum absolute atomic E-state index is 12.3. The minimum absolute atomic E-state index is 0.0442. The number of hydrogen-bond donors (Lipinski definition) is 1. The van der Waals surface area contributed by atoms with Crippen LogP contribution in [0.4, 0.5) is 0 Å². The molecule has 1 N–H and O–H groups in total. The van der Waals surface area contributed by atoms with Gasteiger partial charge in [0.1, 0.15) is 0 Å². The van der Waals surface area contributed by atoms with Crippen LogP contribution in [0.25, 0.3) is 0 Å². The van der Waals surface area contributed by atoms with Crippen LogP contribution in [0.1, 0.15) is 47.0 Å². The number of amides is 1. The molecule has 8 heteroatoms. The summed E-state index contributed by atoms with van der Waals surface area (Å²) in [4.78, 5) is 25.7. The van der Waals surface area contributed by atoms with Gasteiger partial charge in [0.25, 0.3) is 5.91 Å². The first-order valence-electron chi connectivity index (χ1n) is 8.17. The molecule has 132 valence electrons. The number of rotatable bonds is 4. The van der Waals surface area contributed by atoms with Gasteiger partial charge in [0, 0.05) is 16.3 Å². The molecule has 1 aromatic rings. The van der Waals surface area contributed by atoms with Gasteiger partial charge in [-0.05, 0) is 44.6 Å². The molecular weight excluding hydrogens is 350 g/mol. The zero-order valence-electron chi connectivity index (χ0n) is 13.5. The van der Waals surface area contributed by atoms with E-state index in [1.54, 1.807) is 11.3 Å². The van der Waals surface area contributed by atoms with Crippen molar-refractivity contribution in [2.75, 3.05) is 11.5 Å². The lowest BCUT2D eigenvalue weighted by Gasteiger charge is -2.17. The van der Waals surface area contributed by atoms with E-state index in [4.69, 9.17) is 4.74 Å². The van der Waals surface area contributed by atoms with Gasteiger partial charge in [0.05, 0.1) is 17.1 Å². The lowest BCUT2D eigenvalue weighted by Crippen LogP contribution is -2.42. The van der Waals surface area contributed by atoms with E-state index in [9.17, 15) is 18.0 Å². The highest BCUT2D eigenvalue weighted by atomic mass is 32.2. The van der Waals surface area contributed by atoms with Crippen LogP contribution in [0, 0.1) is 0 Å². The van der Waals surface area contributed by atoms with Gasteiger partial charge in [-0.3, -0.25) is 4.79 Å². The molecule has 1 amide bonds. The number of nitrogens with one attached hydrogen (secondary N) is 1. The molecular formula is C16H21NO5S2. The van der Waals surface area contributed by atoms with Crippen molar-refractivity contribution >= 4 is 33.1 Å². The predicted molar refractivity (Wildman–Crippen MR) is 91.0 cm³/mol. The zero-order chi connectivity index (χ0) is 17.3. The SMILES string of the molecule is C[C@H](OC(=O)c1csc2c1CCCC2)C(=O)N[C@@H]1CCS(=O)(=O)C1. The molecule has 0 bridgehead atoms. The average Bonchev–Trinajstić information content (AvgIpc) is 3.10. The van der Waals surface area contributed by atoms with Crippen LogP contribution in [0.3, 0.4) is 0 Å². The third kappa shape index (κ3) is 3.80. The average molecular weight is 371 g/mol. The molecule has 6 nitrogen and oxygen atoms in total.